The molecule has 0 amide bonds. The van der Waals surface area contributed by atoms with E-state index in [-0.39, 0.29) is 0 Å². The Bertz CT molecular complexity index is 482. The van der Waals surface area contributed by atoms with Crippen molar-refractivity contribution in [2.75, 3.05) is 23.0 Å². The van der Waals surface area contributed by atoms with Gasteiger partial charge in [0.2, 0.25) is 0 Å². The second kappa shape index (κ2) is 8.02. The molecule has 0 heterocycles. The molecule has 0 unspecified atom stereocenters. The van der Waals surface area contributed by atoms with Gasteiger partial charge in [-0.2, -0.15) is 0 Å². The van der Waals surface area contributed by atoms with Crippen molar-refractivity contribution in [2.24, 2.45) is 0 Å². The van der Waals surface area contributed by atoms with Crippen LogP contribution in [0.15, 0.2) is 53.8 Å². The highest BCUT2D eigenvalue weighted by Gasteiger charge is 2.13. The SMILES string of the molecule is C=CCSc1cc(CC=C)c(N)c(SCC=C)c1N. The van der Waals surface area contributed by atoms with E-state index < -0.39 is 0 Å². The Labute approximate surface area is 124 Å². The quantitative estimate of drug-likeness (QED) is 0.429. The van der Waals surface area contributed by atoms with Crippen molar-refractivity contribution in [3.05, 3.63) is 49.6 Å². The van der Waals surface area contributed by atoms with Gasteiger partial charge in [0.05, 0.1) is 16.3 Å². The molecule has 4 heteroatoms. The minimum atomic E-state index is 0.745. The lowest BCUT2D eigenvalue weighted by molar-refractivity contribution is 1.20. The van der Waals surface area contributed by atoms with Crippen LogP contribution >= 0.6 is 23.5 Å². The molecule has 0 aromatic heterocycles. The summed E-state index contributed by atoms with van der Waals surface area (Å²) in [6.45, 7) is 11.2. The summed E-state index contributed by atoms with van der Waals surface area (Å²) in [4.78, 5) is 2.00. The van der Waals surface area contributed by atoms with Crippen molar-refractivity contribution in [2.45, 2.75) is 16.2 Å². The van der Waals surface area contributed by atoms with Gasteiger partial charge in [-0.15, -0.1) is 43.3 Å². The van der Waals surface area contributed by atoms with Gasteiger partial charge in [-0.3, -0.25) is 0 Å². The van der Waals surface area contributed by atoms with Crippen LogP contribution in [0.25, 0.3) is 0 Å². The number of nitrogens with two attached hydrogens (primary N) is 2. The number of hydrogen-bond donors (Lipinski definition) is 2. The van der Waals surface area contributed by atoms with E-state index in [9.17, 15) is 0 Å². The van der Waals surface area contributed by atoms with Crippen LogP contribution in [0.3, 0.4) is 0 Å². The van der Waals surface area contributed by atoms with Crippen LogP contribution in [-0.2, 0) is 6.42 Å². The first-order chi connectivity index (χ1) is 9.15. The number of nitrogen functional groups attached to an aromatic ring is 2. The number of rotatable bonds is 8. The summed E-state index contributed by atoms with van der Waals surface area (Å²) in [7, 11) is 0. The van der Waals surface area contributed by atoms with Crippen molar-refractivity contribution in [1.29, 1.82) is 0 Å². The van der Waals surface area contributed by atoms with Gasteiger partial charge in [0, 0.05) is 16.4 Å². The smallest absolute Gasteiger partial charge is 0.0611 e. The molecule has 0 fully saturated rings. The third-order valence-corrected chi connectivity index (χ3v) is 4.65. The van der Waals surface area contributed by atoms with Crippen LogP contribution < -0.4 is 11.5 Å². The highest BCUT2D eigenvalue weighted by molar-refractivity contribution is 8.00. The molecule has 0 atom stereocenters. The maximum Gasteiger partial charge on any atom is 0.0611 e. The minimum absolute atomic E-state index is 0.745. The van der Waals surface area contributed by atoms with Crippen molar-refractivity contribution < 1.29 is 0 Å². The number of benzene rings is 1. The average Bonchev–Trinajstić information content (AvgIpc) is 2.41. The highest BCUT2D eigenvalue weighted by atomic mass is 32.2. The maximum absolute atomic E-state index is 6.21. The van der Waals surface area contributed by atoms with E-state index in [4.69, 9.17) is 11.5 Å². The van der Waals surface area contributed by atoms with Gasteiger partial charge in [-0.25, -0.2) is 0 Å². The second-order valence-corrected chi connectivity index (χ2v) is 5.97. The summed E-state index contributed by atoms with van der Waals surface area (Å²) in [5.74, 6) is 1.62. The van der Waals surface area contributed by atoms with Crippen LogP contribution in [0, 0.1) is 0 Å². The second-order valence-electron chi connectivity index (χ2n) is 3.88. The van der Waals surface area contributed by atoms with Crippen LogP contribution in [-0.4, -0.2) is 11.5 Å². The molecule has 0 spiro atoms. The first kappa shape index (κ1) is 15.8. The monoisotopic (exact) mass is 292 g/mol. The van der Waals surface area contributed by atoms with Crippen molar-refractivity contribution >= 4 is 34.9 Å². The maximum atomic E-state index is 6.21. The van der Waals surface area contributed by atoms with Gasteiger partial charge in [0.25, 0.3) is 0 Å². The third-order valence-electron chi connectivity index (χ3n) is 2.47. The van der Waals surface area contributed by atoms with Crippen molar-refractivity contribution in [3.8, 4) is 0 Å². The Balaban J connectivity index is 3.23. The number of allylic oxidation sites excluding steroid dienone is 1. The molecule has 1 rings (SSSR count). The lowest BCUT2D eigenvalue weighted by atomic mass is 10.1. The number of thioether (sulfide) groups is 2. The Kier molecular flexibility index (Phi) is 6.67. The molecular weight excluding hydrogens is 272 g/mol. The fraction of sp³-hybridized carbons (Fsp3) is 0.200. The van der Waals surface area contributed by atoms with Crippen molar-refractivity contribution in [3.63, 3.8) is 0 Å². The largest absolute Gasteiger partial charge is 0.398 e. The summed E-state index contributed by atoms with van der Waals surface area (Å²) < 4.78 is 0. The average molecular weight is 292 g/mol. The molecule has 0 aliphatic heterocycles. The molecule has 2 nitrogen and oxygen atoms in total. The van der Waals surface area contributed by atoms with Gasteiger partial charge in [-0.05, 0) is 18.1 Å². The van der Waals surface area contributed by atoms with Crippen LogP contribution in [0.1, 0.15) is 5.56 Å². The van der Waals surface area contributed by atoms with Gasteiger partial charge < -0.3 is 11.5 Å². The molecule has 19 heavy (non-hydrogen) atoms. The van der Waals surface area contributed by atoms with Crippen molar-refractivity contribution in [1.82, 2.24) is 0 Å². The highest BCUT2D eigenvalue weighted by Crippen LogP contribution is 2.40. The normalized spacial score (nSPS) is 10.1. The fourth-order valence-corrected chi connectivity index (χ4v) is 3.29. The topological polar surface area (TPSA) is 52.0 Å². The van der Waals surface area contributed by atoms with E-state index in [0.29, 0.717) is 0 Å². The predicted molar refractivity (Wildman–Crippen MR) is 91.0 cm³/mol. The first-order valence-corrected chi connectivity index (χ1v) is 7.91. The fourth-order valence-electron chi connectivity index (χ4n) is 1.61. The summed E-state index contributed by atoms with van der Waals surface area (Å²) in [6, 6.07) is 2.05. The van der Waals surface area contributed by atoms with Gasteiger partial charge in [-0.1, -0.05) is 18.2 Å². The van der Waals surface area contributed by atoms with E-state index in [1.54, 1.807) is 23.5 Å². The van der Waals surface area contributed by atoms with E-state index in [2.05, 4.69) is 25.8 Å². The molecule has 0 saturated heterocycles. The lowest BCUT2D eigenvalue weighted by Crippen LogP contribution is -2.02. The van der Waals surface area contributed by atoms with E-state index >= 15 is 0 Å². The zero-order chi connectivity index (χ0) is 14.3. The zero-order valence-electron chi connectivity index (χ0n) is 11.0. The minimum Gasteiger partial charge on any atom is -0.398 e. The predicted octanol–water partition coefficient (Wildman–Crippen LogP) is 4.14. The number of anilines is 2. The standard InChI is InChI=1S/C15H20N2S2/c1-4-7-11-10-12(18-8-5-2)14(17)15(13(11)16)19-9-6-3/h4-6,10H,1-3,7-9,16-17H2. The molecule has 0 aliphatic carbocycles. The van der Waals surface area contributed by atoms with E-state index in [1.807, 2.05) is 18.2 Å². The Morgan fingerprint density at radius 3 is 2.16 bits per heavy atom. The molecule has 1 aromatic rings. The third kappa shape index (κ3) is 4.11. The van der Waals surface area contributed by atoms with E-state index in [1.165, 1.54) is 0 Å². The van der Waals surface area contributed by atoms with Gasteiger partial charge in [0.15, 0.2) is 0 Å². The van der Waals surface area contributed by atoms with Gasteiger partial charge >= 0.3 is 0 Å². The summed E-state index contributed by atoms with van der Waals surface area (Å²) in [5.41, 5.74) is 15.0. The summed E-state index contributed by atoms with van der Waals surface area (Å²) in [5, 5.41) is 0. The summed E-state index contributed by atoms with van der Waals surface area (Å²) in [6.07, 6.45) is 6.31. The molecule has 1 aromatic carbocycles. The first-order valence-electron chi connectivity index (χ1n) is 5.94. The lowest BCUT2D eigenvalue weighted by Gasteiger charge is -2.16. The molecule has 4 N–H and O–H groups in total. The Morgan fingerprint density at radius 2 is 1.58 bits per heavy atom. The molecular formula is C15H20N2S2. The van der Waals surface area contributed by atoms with Crippen LogP contribution in [0.5, 0.6) is 0 Å². The Hall–Kier alpha value is -1.26. The number of hydrogen-bond acceptors (Lipinski definition) is 4. The molecule has 0 saturated carbocycles. The van der Waals surface area contributed by atoms with Crippen LogP contribution in [0.2, 0.25) is 0 Å². The molecule has 0 aliphatic rings. The van der Waals surface area contributed by atoms with E-state index in [0.717, 1.165) is 44.7 Å². The van der Waals surface area contributed by atoms with Gasteiger partial charge in [0.1, 0.15) is 0 Å². The molecule has 0 bridgehead atoms. The Morgan fingerprint density at radius 1 is 0.947 bits per heavy atom. The molecule has 102 valence electrons. The zero-order valence-corrected chi connectivity index (χ0v) is 12.7. The van der Waals surface area contributed by atoms with Crippen LogP contribution in [0.4, 0.5) is 11.4 Å². The summed E-state index contributed by atoms with van der Waals surface area (Å²) >= 11 is 3.29. The molecule has 0 radical (unpaired) electrons.